The van der Waals surface area contributed by atoms with Crippen LogP contribution >= 0.6 is 0 Å². The molecule has 2 aromatic carbocycles. The second kappa shape index (κ2) is 5.44. The molecule has 5 nitrogen and oxygen atoms in total. The van der Waals surface area contributed by atoms with Crippen LogP contribution in [0.5, 0.6) is 0 Å². The molecule has 102 valence electrons. The second-order valence-electron chi connectivity index (χ2n) is 4.47. The van der Waals surface area contributed by atoms with Gasteiger partial charge in [0.25, 0.3) is 5.91 Å². The Morgan fingerprint density at radius 1 is 1.05 bits per heavy atom. The zero-order valence-electron chi connectivity index (χ0n) is 11.0. The molecule has 2 rings (SSSR count). The lowest BCUT2D eigenvalue weighted by Gasteiger charge is -2.09. The van der Waals surface area contributed by atoms with E-state index in [9.17, 15) is 9.59 Å². The van der Waals surface area contributed by atoms with Gasteiger partial charge in [-0.05, 0) is 48.9 Å². The van der Waals surface area contributed by atoms with Gasteiger partial charge in [0.15, 0.2) is 0 Å². The third kappa shape index (κ3) is 2.95. The molecular formula is C15H15N3O2. The molecule has 0 aromatic heterocycles. The maximum atomic E-state index is 12.1. The van der Waals surface area contributed by atoms with Crippen molar-refractivity contribution in [2.24, 2.45) is 5.73 Å². The van der Waals surface area contributed by atoms with Crippen LogP contribution in [-0.4, -0.2) is 11.8 Å². The van der Waals surface area contributed by atoms with Gasteiger partial charge in [0.1, 0.15) is 0 Å². The Morgan fingerprint density at radius 3 is 2.40 bits per heavy atom. The first kappa shape index (κ1) is 13.6. The number of carbonyl (C=O) groups is 2. The number of hydrogen-bond donors (Lipinski definition) is 3. The van der Waals surface area contributed by atoms with Crippen molar-refractivity contribution < 1.29 is 9.59 Å². The molecule has 5 heteroatoms. The molecule has 0 bridgehead atoms. The highest BCUT2D eigenvalue weighted by atomic mass is 16.2. The predicted octanol–water partition coefficient (Wildman–Crippen LogP) is 1.93. The van der Waals surface area contributed by atoms with E-state index in [1.165, 1.54) is 0 Å². The molecule has 0 fully saturated rings. The summed E-state index contributed by atoms with van der Waals surface area (Å²) in [7, 11) is 0. The van der Waals surface area contributed by atoms with Gasteiger partial charge in [-0.3, -0.25) is 9.59 Å². The Morgan fingerprint density at radius 2 is 1.80 bits per heavy atom. The fourth-order valence-electron chi connectivity index (χ4n) is 1.83. The van der Waals surface area contributed by atoms with Crippen LogP contribution in [-0.2, 0) is 0 Å². The highest BCUT2D eigenvalue weighted by Gasteiger charge is 2.09. The Labute approximate surface area is 116 Å². The van der Waals surface area contributed by atoms with Crippen molar-refractivity contribution in [3.8, 4) is 0 Å². The molecule has 2 aromatic rings. The van der Waals surface area contributed by atoms with Gasteiger partial charge in [0.2, 0.25) is 5.91 Å². The van der Waals surface area contributed by atoms with Crippen molar-refractivity contribution in [3.63, 3.8) is 0 Å². The molecule has 0 aliphatic carbocycles. The summed E-state index contributed by atoms with van der Waals surface area (Å²) in [6.07, 6.45) is 0. The van der Waals surface area contributed by atoms with Crippen molar-refractivity contribution in [2.45, 2.75) is 6.92 Å². The molecule has 0 radical (unpaired) electrons. The Kier molecular flexibility index (Phi) is 3.70. The second-order valence-corrected chi connectivity index (χ2v) is 4.47. The molecule has 20 heavy (non-hydrogen) atoms. The van der Waals surface area contributed by atoms with E-state index in [0.717, 1.165) is 5.56 Å². The molecule has 0 saturated carbocycles. The van der Waals surface area contributed by atoms with Crippen LogP contribution in [0.3, 0.4) is 0 Å². The molecule has 0 atom stereocenters. The molecule has 0 unspecified atom stereocenters. The van der Waals surface area contributed by atoms with Crippen LogP contribution in [0.25, 0.3) is 0 Å². The fraction of sp³-hybridized carbons (Fsp3) is 0.0667. The minimum atomic E-state index is -0.498. The number of nitrogen functional groups attached to an aromatic ring is 1. The summed E-state index contributed by atoms with van der Waals surface area (Å²) in [6, 6.07) is 11.6. The number of rotatable bonds is 3. The third-order valence-electron chi connectivity index (χ3n) is 2.91. The Bertz CT molecular complexity index is 681. The largest absolute Gasteiger partial charge is 0.399 e. The van der Waals surface area contributed by atoms with Crippen LogP contribution in [0, 0.1) is 6.92 Å². The average Bonchev–Trinajstić information content (AvgIpc) is 2.40. The SMILES string of the molecule is Cc1cc(C(N)=O)ccc1NC(=O)c1cccc(N)c1. The zero-order chi connectivity index (χ0) is 14.7. The summed E-state index contributed by atoms with van der Waals surface area (Å²) in [4.78, 5) is 23.1. The number of aryl methyl sites for hydroxylation is 1. The van der Waals surface area contributed by atoms with Crippen LogP contribution in [0.1, 0.15) is 26.3 Å². The first-order chi connectivity index (χ1) is 9.47. The van der Waals surface area contributed by atoms with Crippen LogP contribution in [0.4, 0.5) is 11.4 Å². The molecular weight excluding hydrogens is 254 g/mol. The molecule has 0 aliphatic heterocycles. The van der Waals surface area contributed by atoms with Crippen LogP contribution in [0.15, 0.2) is 42.5 Å². The molecule has 5 N–H and O–H groups in total. The summed E-state index contributed by atoms with van der Waals surface area (Å²) in [5, 5.41) is 2.77. The van der Waals surface area contributed by atoms with E-state index in [4.69, 9.17) is 11.5 Å². The van der Waals surface area contributed by atoms with Crippen molar-refractivity contribution in [1.29, 1.82) is 0 Å². The third-order valence-corrected chi connectivity index (χ3v) is 2.91. The van der Waals surface area contributed by atoms with Crippen LogP contribution < -0.4 is 16.8 Å². The van der Waals surface area contributed by atoms with E-state index in [1.807, 2.05) is 0 Å². The number of primary amides is 1. The van der Waals surface area contributed by atoms with Gasteiger partial charge in [0, 0.05) is 22.5 Å². The summed E-state index contributed by atoms with van der Waals surface area (Å²) in [5.74, 6) is -0.756. The van der Waals surface area contributed by atoms with E-state index in [0.29, 0.717) is 22.5 Å². The minimum absolute atomic E-state index is 0.257. The predicted molar refractivity (Wildman–Crippen MR) is 78.5 cm³/mol. The summed E-state index contributed by atoms with van der Waals surface area (Å²) >= 11 is 0. The van der Waals surface area contributed by atoms with E-state index in [-0.39, 0.29) is 5.91 Å². The highest BCUT2D eigenvalue weighted by molar-refractivity contribution is 6.05. The molecule has 0 spiro atoms. The normalized spacial score (nSPS) is 10.1. The Balaban J connectivity index is 2.22. The van der Waals surface area contributed by atoms with Gasteiger partial charge in [-0.25, -0.2) is 0 Å². The maximum absolute atomic E-state index is 12.1. The number of hydrogen-bond acceptors (Lipinski definition) is 3. The van der Waals surface area contributed by atoms with Gasteiger partial charge >= 0.3 is 0 Å². The van der Waals surface area contributed by atoms with Crippen molar-refractivity contribution in [3.05, 3.63) is 59.2 Å². The molecule has 0 saturated heterocycles. The lowest BCUT2D eigenvalue weighted by atomic mass is 10.1. The average molecular weight is 269 g/mol. The zero-order valence-corrected chi connectivity index (χ0v) is 11.0. The van der Waals surface area contributed by atoms with E-state index in [1.54, 1.807) is 49.4 Å². The van der Waals surface area contributed by atoms with Crippen LogP contribution in [0.2, 0.25) is 0 Å². The molecule has 0 aliphatic rings. The monoisotopic (exact) mass is 269 g/mol. The lowest BCUT2D eigenvalue weighted by Crippen LogP contribution is -2.14. The summed E-state index contributed by atoms with van der Waals surface area (Å²) in [6.45, 7) is 1.79. The van der Waals surface area contributed by atoms with Gasteiger partial charge in [-0.2, -0.15) is 0 Å². The lowest BCUT2D eigenvalue weighted by molar-refractivity contribution is 0.0998. The minimum Gasteiger partial charge on any atom is -0.399 e. The smallest absolute Gasteiger partial charge is 0.255 e. The van der Waals surface area contributed by atoms with Gasteiger partial charge < -0.3 is 16.8 Å². The first-order valence-electron chi connectivity index (χ1n) is 6.04. The number of nitrogens with one attached hydrogen (secondary N) is 1. The van der Waals surface area contributed by atoms with Crippen molar-refractivity contribution in [2.75, 3.05) is 11.1 Å². The Hall–Kier alpha value is -2.82. The summed E-state index contributed by atoms with van der Waals surface area (Å²) in [5.41, 5.74) is 13.6. The van der Waals surface area contributed by atoms with Crippen molar-refractivity contribution >= 4 is 23.2 Å². The quantitative estimate of drug-likeness (QED) is 0.742. The topological polar surface area (TPSA) is 98.2 Å². The van der Waals surface area contributed by atoms with Gasteiger partial charge in [-0.1, -0.05) is 6.07 Å². The van der Waals surface area contributed by atoms with Gasteiger partial charge in [-0.15, -0.1) is 0 Å². The standard InChI is InChI=1S/C15H15N3O2/c1-9-7-10(14(17)19)5-6-13(9)18-15(20)11-3-2-4-12(16)8-11/h2-8H,16H2,1H3,(H2,17,19)(H,18,20). The first-order valence-corrected chi connectivity index (χ1v) is 6.04. The summed E-state index contributed by atoms with van der Waals surface area (Å²) < 4.78 is 0. The fourth-order valence-corrected chi connectivity index (χ4v) is 1.83. The van der Waals surface area contributed by atoms with Gasteiger partial charge in [0.05, 0.1) is 0 Å². The van der Waals surface area contributed by atoms with E-state index >= 15 is 0 Å². The number of amides is 2. The maximum Gasteiger partial charge on any atom is 0.255 e. The van der Waals surface area contributed by atoms with E-state index < -0.39 is 5.91 Å². The molecule has 0 heterocycles. The molecule has 2 amide bonds. The number of nitrogens with two attached hydrogens (primary N) is 2. The number of anilines is 2. The number of benzene rings is 2. The van der Waals surface area contributed by atoms with E-state index in [2.05, 4.69) is 5.32 Å². The highest BCUT2D eigenvalue weighted by Crippen LogP contribution is 2.18. The van der Waals surface area contributed by atoms with Crippen molar-refractivity contribution in [1.82, 2.24) is 0 Å². The number of carbonyl (C=O) groups excluding carboxylic acids is 2.